The molecule has 0 aliphatic heterocycles. The highest BCUT2D eigenvalue weighted by atomic mass is 19.4. The summed E-state index contributed by atoms with van der Waals surface area (Å²) in [5, 5.41) is 0. The Morgan fingerprint density at radius 1 is 0.938 bits per heavy atom. The van der Waals surface area contributed by atoms with Gasteiger partial charge in [-0.05, 0) is 0 Å². The van der Waals surface area contributed by atoms with Gasteiger partial charge in [0.15, 0.2) is 5.94 Å². The van der Waals surface area contributed by atoms with Crippen molar-refractivity contribution in [2.45, 2.75) is 18.0 Å². The van der Waals surface area contributed by atoms with Crippen molar-refractivity contribution < 1.29 is 44.7 Å². The minimum atomic E-state index is -6.79. The van der Waals surface area contributed by atoms with Crippen molar-refractivity contribution in [2.24, 2.45) is 0 Å². The second-order valence-corrected chi connectivity index (χ2v) is 2.39. The number of carbonyl (C=O) groups excluding carboxylic acids is 2. The van der Waals surface area contributed by atoms with E-state index in [0.717, 1.165) is 0 Å². The molecule has 16 heavy (non-hydrogen) atoms. The van der Waals surface area contributed by atoms with Crippen molar-refractivity contribution in [3.63, 3.8) is 0 Å². The summed E-state index contributed by atoms with van der Waals surface area (Å²) in [5.74, 6) is -20.0. The molecular weight excluding hydrogens is 256 g/mol. The Hall–Kier alpha value is -1.44. The molecule has 0 atom stereocenters. The van der Waals surface area contributed by atoms with E-state index in [1.807, 2.05) is 0 Å². The van der Waals surface area contributed by atoms with Crippen LogP contribution in [0.5, 0.6) is 0 Å². The van der Waals surface area contributed by atoms with Gasteiger partial charge in [-0.3, -0.25) is 4.79 Å². The van der Waals surface area contributed by atoms with Crippen LogP contribution in [0.3, 0.4) is 0 Å². The second-order valence-electron chi connectivity index (χ2n) is 2.39. The molecular formula is C6F8O2. The van der Waals surface area contributed by atoms with E-state index in [-0.39, 0.29) is 5.94 Å². The van der Waals surface area contributed by atoms with Crippen molar-refractivity contribution in [1.82, 2.24) is 0 Å². The highest BCUT2D eigenvalue weighted by Crippen LogP contribution is 2.47. The molecule has 0 rings (SSSR count). The molecule has 0 saturated carbocycles. The molecule has 0 N–H and O–H groups in total. The van der Waals surface area contributed by atoms with Gasteiger partial charge in [-0.25, -0.2) is 4.79 Å². The van der Waals surface area contributed by atoms with Gasteiger partial charge in [-0.15, -0.1) is 0 Å². The summed E-state index contributed by atoms with van der Waals surface area (Å²) >= 11 is 0. The number of carbonyl (C=O) groups is 1. The fraction of sp³-hybridized carbons (Fsp3) is 0.500. The Labute approximate surface area is 81.5 Å². The molecule has 0 aromatic carbocycles. The molecule has 0 unspecified atom stereocenters. The predicted octanol–water partition coefficient (Wildman–Crippen LogP) is 2.07. The molecule has 2 nitrogen and oxygen atoms in total. The molecule has 0 bridgehead atoms. The van der Waals surface area contributed by atoms with Crippen LogP contribution in [0.4, 0.5) is 35.1 Å². The lowest BCUT2D eigenvalue weighted by Gasteiger charge is -2.25. The average Bonchev–Trinajstić information content (AvgIpc) is 2.13. The van der Waals surface area contributed by atoms with E-state index in [1.54, 1.807) is 0 Å². The lowest BCUT2D eigenvalue weighted by molar-refractivity contribution is -0.343. The molecule has 10 heteroatoms. The first-order valence-corrected chi connectivity index (χ1v) is 3.17. The van der Waals surface area contributed by atoms with E-state index in [2.05, 4.69) is 0 Å². The predicted molar refractivity (Wildman–Crippen MR) is 31.3 cm³/mol. The van der Waals surface area contributed by atoms with E-state index in [9.17, 15) is 44.7 Å². The van der Waals surface area contributed by atoms with Crippen LogP contribution in [0.2, 0.25) is 0 Å². The molecule has 0 heterocycles. The summed E-state index contributed by atoms with van der Waals surface area (Å²) < 4.78 is 94.9. The average molecular weight is 256 g/mol. The van der Waals surface area contributed by atoms with Crippen LogP contribution in [-0.2, 0) is 9.59 Å². The molecule has 0 aliphatic rings. The summed E-state index contributed by atoms with van der Waals surface area (Å²) in [6, 6.07) is 0. The van der Waals surface area contributed by atoms with Crippen molar-refractivity contribution >= 4 is 11.7 Å². The number of allylic oxidation sites excluding steroid dienone is 1. The Morgan fingerprint density at radius 2 is 1.31 bits per heavy atom. The minimum Gasteiger partial charge on any atom is -0.284 e. The van der Waals surface area contributed by atoms with Gasteiger partial charge < -0.3 is 0 Å². The van der Waals surface area contributed by atoms with Crippen LogP contribution in [0.25, 0.3) is 0 Å². The number of alkyl halides is 7. The summed E-state index contributed by atoms with van der Waals surface area (Å²) in [6.07, 6.45) is -6.77. The van der Waals surface area contributed by atoms with E-state index in [0.29, 0.717) is 0 Å². The van der Waals surface area contributed by atoms with Crippen LogP contribution >= 0.6 is 0 Å². The van der Waals surface area contributed by atoms with Crippen molar-refractivity contribution in [3.05, 3.63) is 5.83 Å². The maximum atomic E-state index is 12.3. The first-order chi connectivity index (χ1) is 6.89. The van der Waals surface area contributed by atoms with Crippen molar-refractivity contribution in [1.29, 1.82) is 0 Å². The Kier molecular flexibility index (Phi) is 3.51. The molecule has 0 aliphatic carbocycles. The quantitative estimate of drug-likeness (QED) is 0.440. The fourth-order valence-corrected chi connectivity index (χ4v) is 0.505. The number of Topliss-reactive ketones (excluding diaryl/α,β-unsaturated/α-hetero) is 1. The van der Waals surface area contributed by atoms with Crippen molar-refractivity contribution in [3.8, 4) is 0 Å². The van der Waals surface area contributed by atoms with Crippen LogP contribution in [0.1, 0.15) is 0 Å². The first kappa shape index (κ1) is 14.6. The number of rotatable bonds is 3. The molecule has 0 aromatic rings. The van der Waals surface area contributed by atoms with Crippen LogP contribution in [-0.4, -0.2) is 29.7 Å². The molecule has 0 spiro atoms. The van der Waals surface area contributed by atoms with E-state index >= 15 is 0 Å². The van der Waals surface area contributed by atoms with Crippen LogP contribution in [0.15, 0.2) is 5.83 Å². The Bertz CT molecular complexity index is 348. The van der Waals surface area contributed by atoms with E-state index in [1.165, 1.54) is 0 Å². The van der Waals surface area contributed by atoms with Gasteiger partial charge in [0.05, 0.1) is 0 Å². The lowest BCUT2D eigenvalue weighted by Crippen LogP contribution is -2.56. The molecule has 0 saturated heterocycles. The molecule has 0 aromatic heterocycles. The van der Waals surface area contributed by atoms with Gasteiger partial charge in [0.25, 0.3) is 11.6 Å². The van der Waals surface area contributed by atoms with E-state index < -0.39 is 29.6 Å². The topological polar surface area (TPSA) is 34.1 Å². The molecule has 0 fully saturated rings. The Balaban J connectivity index is 5.54. The van der Waals surface area contributed by atoms with Crippen LogP contribution < -0.4 is 0 Å². The van der Waals surface area contributed by atoms with Crippen molar-refractivity contribution in [2.75, 3.05) is 0 Å². The lowest BCUT2D eigenvalue weighted by atomic mass is 10.1. The minimum absolute atomic E-state index is 0.136. The molecule has 0 radical (unpaired) electrons. The first-order valence-electron chi connectivity index (χ1n) is 3.17. The molecule has 92 valence electrons. The summed E-state index contributed by atoms with van der Waals surface area (Å²) in [6.45, 7) is 0. The maximum Gasteiger partial charge on any atom is 0.460 e. The zero-order chi connectivity index (χ0) is 13.4. The standard InChI is InChI=1S/C6F8O2/c7-2(1-15)3(16)4(8,9)5(10,11)6(12,13)14. The zero-order valence-corrected chi connectivity index (χ0v) is 6.84. The smallest absolute Gasteiger partial charge is 0.284 e. The fourth-order valence-electron chi connectivity index (χ4n) is 0.505. The highest BCUT2D eigenvalue weighted by molar-refractivity contribution is 6.05. The number of ketones is 1. The third-order valence-electron chi connectivity index (χ3n) is 1.32. The normalized spacial score (nSPS) is 13.2. The highest BCUT2D eigenvalue weighted by Gasteiger charge is 2.76. The maximum absolute atomic E-state index is 12.3. The summed E-state index contributed by atoms with van der Waals surface area (Å²) in [7, 11) is 0. The third-order valence-corrected chi connectivity index (χ3v) is 1.32. The summed E-state index contributed by atoms with van der Waals surface area (Å²) in [5.41, 5.74) is 0. The van der Waals surface area contributed by atoms with Gasteiger partial charge in [0, 0.05) is 0 Å². The molecule has 0 amide bonds. The largest absolute Gasteiger partial charge is 0.460 e. The zero-order valence-electron chi connectivity index (χ0n) is 6.84. The van der Waals surface area contributed by atoms with Gasteiger partial charge in [-0.1, -0.05) is 0 Å². The van der Waals surface area contributed by atoms with Gasteiger partial charge in [0.2, 0.25) is 0 Å². The SMILES string of the molecule is O=C=C(F)C(=O)C(F)(F)C(F)(F)C(F)(F)F. The summed E-state index contributed by atoms with van der Waals surface area (Å²) in [4.78, 5) is 19.4. The Morgan fingerprint density at radius 3 is 1.56 bits per heavy atom. The van der Waals surface area contributed by atoms with Gasteiger partial charge >= 0.3 is 18.0 Å². The number of hydrogen-bond donors (Lipinski definition) is 0. The third kappa shape index (κ3) is 2.06. The van der Waals surface area contributed by atoms with Crippen LogP contribution in [0, 0.1) is 0 Å². The number of halogens is 8. The van der Waals surface area contributed by atoms with Gasteiger partial charge in [-0.2, -0.15) is 35.1 Å². The second kappa shape index (κ2) is 3.85. The number of hydrogen-bond acceptors (Lipinski definition) is 2. The van der Waals surface area contributed by atoms with Gasteiger partial charge in [0.1, 0.15) is 0 Å². The van der Waals surface area contributed by atoms with E-state index in [4.69, 9.17) is 0 Å². The monoisotopic (exact) mass is 256 g/mol.